The highest BCUT2D eigenvalue weighted by molar-refractivity contribution is 5.91. The van der Waals surface area contributed by atoms with Gasteiger partial charge >= 0.3 is 0 Å². The number of nitrogens with zero attached hydrogens (tertiary/aromatic N) is 1. The molecule has 2 N–H and O–H groups in total. The van der Waals surface area contributed by atoms with E-state index < -0.39 is 11.6 Å². The summed E-state index contributed by atoms with van der Waals surface area (Å²) in [6, 6.07) is 3.09. The lowest BCUT2D eigenvalue weighted by Gasteiger charge is -2.30. The molecule has 118 valence electrons. The minimum atomic E-state index is -0.578. The Balaban J connectivity index is 1.92. The van der Waals surface area contributed by atoms with Crippen LogP contribution in [0.1, 0.15) is 24.8 Å². The minimum Gasteiger partial charge on any atom is -0.370 e. The second-order valence-corrected chi connectivity index (χ2v) is 5.44. The van der Waals surface area contributed by atoms with Crippen molar-refractivity contribution in [1.29, 1.82) is 0 Å². The molecule has 0 atom stereocenters. The van der Waals surface area contributed by atoms with Gasteiger partial charge in [-0.25, -0.2) is 8.78 Å². The molecule has 2 amide bonds. The maximum absolute atomic E-state index is 13.4. The first-order chi connectivity index (χ1) is 10.5. The zero-order valence-corrected chi connectivity index (χ0v) is 12.1. The molecule has 22 heavy (non-hydrogen) atoms. The summed E-state index contributed by atoms with van der Waals surface area (Å²) in [4.78, 5) is 24.5. The number of likely N-dealkylation sites (tertiary alicyclic amines) is 1. The third-order valence-corrected chi connectivity index (χ3v) is 3.78. The van der Waals surface area contributed by atoms with Gasteiger partial charge in [-0.05, 0) is 43.0 Å². The molecular weight excluding hydrogens is 290 g/mol. The fourth-order valence-corrected chi connectivity index (χ4v) is 2.55. The standard InChI is InChI=1S/C16H18F2N2O2/c17-13-2-3-14(18)12(10-13)1-4-16(22)20-7-5-11(6-8-20)9-15(19)21/h1-4,10-11H,5-9H2,(H2,19,21). The van der Waals surface area contributed by atoms with E-state index in [0.29, 0.717) is 19.5 Å². The molecule has 1 saturated heterocycles. The fourth-order valence-electron chi connectivity index (χ4n) is 2.55. The summed E-state index contributed by atoms with van der Waals surface area (Å²) in [5.41, 5.74) is 5.20. The summed E-state index contributed by atoms with van der Waals surface area (Å²) in [5.74, 6) is -1.50. The van der Waals surface area contributed by atoms with Crippen LogP contribution in [0.5, 0.6) is 0 Å². The van der Waals surface area contributed by atoms with Gasteiger partial charge in [-0.2, -0.15) is 0 Å². The summed E-state index contributed by atoms with van der Waals surface area (Å²) >= 11 is 0. The van der Waals surface area contributed by atoms with Crippen LogP contribution >= 0.6 is 0 Å². The molecule has 1 aliphatic rings. The van der Waals surface area contributed by atoms with Gasteiger partial charge in [0.2, 0.25) is 11.8 Å². The quantitative estimate of drug-likeness (QED) is 0.866. The molecule has 6 heteroatoms. The Bertz CT molecular complexity index is 594. The summed E-state index contributed by atoms with van der Waals surface area (Å²) in [6.45, 7) is 1.07. The van der Waals surface area contributed by atoms with Crippen molar-refractivity contribution in [2.24, 2.45) is 11.7 Å². The Kier molecular flexibility index (Phi) is 5.25. The third kappa shape index (κ3) is 4.38. The number of benzene rings is 1. The highest BCUT2D eigenvalue weighted by Crippen LogP contribution is 2.20. The molecule has 0 radical (unpaired) electrons. The Morgan fingerprint density at radius 1 is 1.27 bits per heavy atom. The number of halogens is 2. The number of rotatable bonds is 4. The van der Waals surface area contributed by atoms with Crippen LogP contribution in [0.25, 0.3) is 6.08 Å². The lowest BCUT2D eigenvalue weighted by atomic mass is 9.93. The molecule has 4 nitrogen and oxygen atoms in total. The van der Waals surface area contributed by atoms with Gasteiger partial charge < -0.3 is 10.6 Å². The van der Waals surface area contributed by atoms with E-state index in [4.69, 9.17) is 5.73 Å². The number of amides is 2. The van der Waals surface area contributed by atoms with E-state index in [1.54, 1.807) is 4.90 Å². The molecule has 0 aromatic heterocycles. The topological polar surface area (TPSA) is 63.4 Å². The van der Waals surface area contributed by atoms with Gasteiger partial charge in [-0.15, -0.1) is 0 Å². The van der Waals surface area contributed by atoms with Gasteiger partial charge in [-0.1, -0.05) is 0 Å². The van der Waals surface area contributed by atoms with Gasteiger partial charge in [0, 0.05) is 31.1 Å². The van der Waals surface area contributed by atoms with Crippen LogP contribution in [0, 0.1) is 17.6 Å². The van der Waals surface area contributed by atoms with E-state index in [9.17, 15) is 18.4 Å². The van der Waals surface area contributed by atoms with E-state index in [0.717, 1.165) is 31.0 Å². The van der Waals surface area contributed by atoms with Crippen LogP contribution in [0.4, 0.5) is 8.78 Å². The summed E-state index contributed by atoms with van der Waals surface area (Å²) in [5, 5.41) is 0. The summed E-state index contributed by atoms with van der Waals surface area (Å²) < 4.78 is 26.5. The lowest BCUT2D eigenvalue weighted by molar-refractivity contribution is -0.127. The van der Waals surface area contributed by atoms with Crippen molar-refractivity contribution in [1.82, 2.24) is 4.90 Å². The number of primary amides is 1. The van der Waals surface area contributed by atoms with E-state index in [1.807, 2.05) is 0 Å². The van der Waals surface area contributed by atoms with Crippen molar-refractivity contribution in [3.05, 3.63) is 41.5 Å². The van der Waals surface area contributed by atoms with Gasteiger partial charge in [0.25, 0.3) is 0 Å². The van der Waals surface area contributed by atoms with Crippen LogP contribution < -0.4 is 5.73 Å². The number of piperidine rings is 1. The molecule has 0 saturated carbocycles. The SMILES string of the molecule is NC(=O)CC1CCN(C(=O)C=Cc2cc(F)ccc2F)CC1. The van der Waals surface area contributed by atoms with Gasteiger partial charge in [0.1, 0.15) is 11.6 Å². The number of carbonyl (C=O) groups is 2. The maximum atomic E-state index is 13.4. The van der Waals surface area contributed by atoms with E-state index in [-0.39, 0.29) is 23.3 Å². The van der Waals surface area contributed by atoms with E-state index in [1.165, 1.54) is 12.2 Å². The zero-order chi connectivity index (χ0) is 16.1. The Morgan fingerprint density at radius 3 is 2.59 bits per heavy atom. The predicted molar refractivity (Wildman–Crippen MR) is 78.5 cm³/mol. The van der Waals surface area contributed by atoms with Gasteiger partial charge in [0.05, 0.1) is 0 Å². The number of hydrogen-bond donors (Lipinski definition) is 1. The van der Waals surface area contributed by atoms with Crippen LogP contribution in [-0.2, 0) is 9.59 Å². The Morgan fingerprint density at radius 2 is 1.95 bits per heavy atom. The van der Waals surface area contributed by atoms with Crippen molar-refractivity contribution in [3.8, 4) is 0 Å². The van der Waals surface area contributed by atoms with Crippen LogP contribution in [0.2, 0.25) is 0 Å². The lowest BCUT2D eigenvalue weighted by Crippen LogP contribution is -2.38. The summed E-state index contributed by atoms with van der Waals surface area (Å²) in [6.07, 6.45) is 4.29. The molecular formula is C16H18F2N2O2. The van der Waals surface area contributed by atoms with E-state index in [2.05, 4.69) is 0 Å². The Labute approximate surface area is 127 Å². The molecule has 1 aliphatic heterocycles. The number of carbonyl (C=O) groups excluding carboxylic acids is 2. The molecule has 0 bridgehead atoms. The van der Waals surface area contributed by atoms with Crippen molar-refractivity contribution >= 4 is 17.9 Å². The second-order valence-electron chi connectivity index (χ2n) is 5.44. The number of hydrogen-bond acceptors (Lipinski definition) is 2. The number of nitrogens with two attached hydrogens (primary N) is 1. The molecule has 1 heterocycles. The van der Waals surface area contributed by atoms with Crippen molar-refractivity contribution < 1.29 is 18.4 Å². The molecule has 0 aliphatic carbocycles. The molecule has 0 unspecified atom stereocenters. The van der Waals surface area contributed by atoms with Gasteiger partial charge in [-0.3, -0.25) is 9.59 Å². The first-order valence-corrected chi connectivity index (χ1v) is 7.16. The van der Waals surface area contributed by atoms with Crippen molar-refractivity contribution in [2.75, 3.05) is 13.1 Å². The third-order valence-electron chi connectivity index (χ3n) is 3.78. The fraction of sp³-hybridized carbons (Fsp3) is 0.375. The van der Waals surface area contributed by atoms with Crippen LogP contribution in [0.3, 0.4) is 0 Å². The average Bonchev–Trinajstić information content (AvgIpc) is 2.48. The van der Waals surface area contributed by atoms with E-state index >= 15 is 0 Å². The minimum absolute atomic E-state index is 0.0389. The summed E-state index contributed by atoms with van der Waals surface area (Å²) in [7, 11) is 0. The van der Waals surface area contributed by atoms with Crippen LogP contribution in [-0.4, -0.2) is 29.8 Å². The monoisotopic (exact) mass is 308 g/mol. The van der Waals surface area contributed by atoms with Crippen molar-refractivity contribution in [3.63, 3.8) is 0 Å². The highest BCUT2D eigenvalue weighted by atomic mass is 19.1. The molecule has 2 rings (SSSR count). The average molecular weight is 308 g/mol. The predicted octanol–water partition coefficient (Wildman–Crippen LogP) is 2.09. The first-order valence-electron chi connectivity index (χ1n) is 7.16. The maximum Gasteiger partial charge on any atom is 0.246 e. The highest BCUT2D eigenvalue weighted by Gasteiger charge is 2.22. The Hall–Kier alpha value is -2.24. The molecule has 1 aromatic carbocycles. The zero-order valence-electron chi connectivity index (χ0n) is 12.1. The molecule has 1 fully saturated rings. The van der Waals surface area contributed by atoms with Crippen molar-refractivity contribution in [2.45, 2.75) is 19.3 Å². The largest absolute Gasteiger partial charge is 0.370 e. The van der Waals surface area contributed by atoms with Crippen LogP contribution in [0.15, 0.2) is 24.3 Å². The second kappa shape index (κ2) is 7.15. The molecule has 0 spiro atoms. The van der Waals surface area contributed by atoms with Gasteiger partial charge in [0.15, 0.2) is 0 Å². The first kappa shape index (κ1) is 16.1. The smallest absolute Gasteiger partial charge is 0.246 e. The molecule has 1 aromatic rings. The normalized spacial score (nSPS) is 16.2.